The molecule has 1 unspecified atom stereocenters. The number of nitrogens with one attached hydrogen (secondary N) is 2. The monoisotopic (exact) mass is 255 g/mol. The fraction of sp³-hybridized carbons (Fsp3) is 0.846. The first-order valence-electron chi connectivity index (χ1n) is 6.78. The van der Waals surface area contributed by atoms with Crippen LogP contribution in [0.5, 0.6) is 0 Å². The van der Waals surface area contributed by atoms with Gasteiger partial charge in [0.2, 0.25) is 11.8 Å². The molecule has 2 amide bonds. The van der Waals surface area contributed by atoms with Crippen molar-refractivity contribution in [2.75, 3.05) is 33.7 Å². The standard InChI is InChI=1S/C13H25N3O2/c1-14-12(17)7-9-16(2)13(18)6-5-11-4-3-8-15-10-11/h11,15H,3-10H2,1-2H3,(H,14,17). The van der Waals surface area contributed by atoms with Crippen LogP contribution < -0.4 is 10.6 Å². The molecule has 0 radical (unpaired) electrons. The van der Waals surface area contributed by atoms with Crippen molar-refractivity contribution in [1.29, 1.82) is 0 Å². The number of rotatable bonds is 6. The maximum Gasteiger partial charge on any atom is 0.222 e. The van der Waals surface area contributed by atoms with E-state index in [2.05, 4.69) is 10.6 Å². The molecule has 1 aliphatic rings. The van der Waals surface area contributed by atoms with E-state index in [0.29, 0.717) is 25.3 Å². The first kappa shape index (κ1) is 15.0. The molecule has 104 valence electrons. The van der Waals surface area contributed by atoms with Gasteiger partial charge in [0.05, 0.1) is 0 Å². The summed E-state index contributed by atoms with van der Waals surface area (Å²) >= 11 is 0. The molecule has 0 aromatic heterocycles. The highest BCUT2D eigenvalue weighted by Gasteiger charge is 2.16. The maximum atomic E-state index is 11.9. The van der Waals surface area contributed by atoms with Gasteiger partial charge in [-0.25, -0.2) is 0 Å². The van der Waals surface area contributed by atoms with Gasteiger partial charge in [0.1, 0.15) is 0 Å². The SMILES string of the molecule is CNC(=O)CCN(C)C(=O)CCC1CCCNC1. The summed E-state index contributed by atoms with van der Waals surface area (Å²) in [7, 11) is 3.38. The predicted molar refractivity (Wildman–Crippen MR) is 71.1 cm³/mol. The molecule has 0 bridgehead atoms. The molecule has 18 heavy (non-hydrogen) atoms. The number of piperidine rings is 1. The number of nitrogens with zero attached hydrogens (tertiary/aromatic N) is 1. The summed E-state index contributed by atoms with van der Waals surface area (Å²) in [5, 5.41) is 5.92. The highest BCUT2D eigenvalue weighted by atomic mass is 16.2. The van der Waals surface area contributed by atoms with Crippen molar-refractivity contribution in [2.45, 2.75) is 32.1 Å². The lowest BCUT2D eigenvalue weighted by Gasteiger charge is -2.23. The van der Waals surface area contributed by atoms with E-state index in [1.807, 2.05) is 0 Å². The van der Waals surface area contributed by atoms with Gasteiger partial charge in [-0.1, -0.05) is 0 Å². The molecule has 0 spiro atoms. The number of hydrogen-bond donors (Lipinski definition) is 2. The van der Waals surface area contributed by atoms with E-state index in [4.69, 9.17) is 0 Å². The van der Waals surface area contributed by atoms with Crippen LogP contribution in [0.2, 0.25) is 0 Å². The van der Waals surface area contributed by atoms with Crippen molar-refractivity contribution in [3.05, 3.63) is 0 Å². The van der Waals surface area contributed by atoms with Gasteiger partial charge in [-0.15, -0.1) is 0 Å². The van der Waals surface area contributed by atoms with Gasteiger partial charge < -0.3 is 15.5 Å². The Kier molecular flexibility index (Phi) is 6.72. The minimum Gasteiger partial charge on any atom is -0.359 e. The summed E-state index contributed by atoms with van der Waals surface area (Å²) in [5.74, 6) is 0.755. The van der Waals surface area contributed by atoms with Gasteiger partial charge in [-0.05, 0) is 38.3 Å². The van der Waals surface area contributed by atoms with Gasteiger partial charge in [0, 0.05) is 33.5 Å². The summed E-state index contributed by atoms with van der Waals surface area (Å²) in [6, 6.07) is 0. The Labute approximate surface area is 109 Å². The molecule has 5 heteroatoms. The number of amides is 2. The second-order valence-electron chi connectivity index (χ2n) is 4.99. The van der Waals surface area contributed by atoms with E-state index in [0.717, 1.165) is 19.5 Å². The van der Waals surface area contributed by atoms with Crippen molar-refractivity contribution in [3.8, 4) is 0 Å². The van der Waals surface area contributed by atoms with Gasteiger partial charge in [0.25, 0.3) is 0 Å². The topological polar surface area (TPSA) is 61.4 Å². The third kappa shape index (κ3) is 5.49. The van der Waals surface area contributed by atoms with Crippen LogP contribution in [0.1, 0.15) is 32.1 Å². The third-order valence-corrected chi connectivity index (χ3v) is 3.54. The van der Waals surface area contributed by atoms with E-state index < -0.39 is 0 Å². The molecule has 1 rings (SSSR count). The molecule has 5 nitrogen and oxygen atoms in total. The molecule has 1 saturated heterocycles. The van der Waals surface area contributed by atoms with Crippen molar-refractivity contribution in [3.63, 3.8) is 0 Å². The van der Waals surface area contributed by atoms with Crippen molar-refractivity contribution >= 4 is 11.8 Å². The molecule has 0 aliphatic carbocycles. The van der Waals surface area contributed by atoms with Crippen LogP contribution in [0.3, 0.4) is 0 Å². The molecule has 1 fully saturated rings. The van der Waals surface area contributed by atoms with E-state index in [1.165, 1.54) is 12.8 Å². The normalized spacial score (nSPS) is 19.3. The predicted octanol–water partition coefficient (Wildman–Crippen LogP) is 0.361. The average molecular weight is 255 g/mol. The van der Waals surface area contributed by atoms with Crippen LogP contribution in [0, 0.1) is 5.92 Å². The molecule has 0 aromatic rings. The Morgan fingerprint density at radius 3 is 2.78 bits per heavy atom. The molecule has 2 N–H and O–H groups in total. The summed E-state index contributed by atoms with van der Waals surface area (Å²) in [4.78, 5) is 24.6. The van der Waals surface area contributed by atoms with Crippen LogP contribution in [0.4, 0.5) is 0 Å². The number of carbonyl (C=O) groups is 2. The minimum absolute atomic E-state index is 0.0221. The van der Waals surface area contributed by atoms with E-state index >= 15 is 0 Å². The number of carbonyl (C=O) groups excluding carboxylic acids is 2. The second kappa shape index (κ2) is 8.08. The van der Waals surface area contributed by atoms with Crippen molar-refractivity contribution in [2.24, 2.45) is 5.92 Å². The molecule has 0 aromatic carbocycles. The largest absolute Gasteiger partial charge is 0.359 e. The molecule has 1 aliphatic heterocycles. The summed E-state index contributed by atoms with van der Waals surface area (Å²) in [5.41, 5.74) is 0. The Morgan fingerprint density at radius 2 is 2.17 bits per heavy atom. The fourth-order valence-corrected chi connectivity index (χ4v) is 2.21. The smallest absolute Gasteiger partial charge is 0.222 e. The highest BCUT2D eigenvalue weighted by molar-refractivity contribution is 5.78. The quantitative estimate of drug-likeness (QED) is 0.720. The van der Waals surface area contributed by atoms with Crippen LogP contribution in [0.25, 0.3) is 0 Å². The van der Waals surface area contributed by atoms with E-state index in [-0.39, 0.29) is 11.8 Å². The minimum atomic E-state index is -0.0221. The van der Waals surface area contributed by atoms with Gasteiger partial charge in [0.15, 0.2) is 0 Å². The van der Waals surface area contributed by atoms with Crippen LogP contribution in [0.15, 0.2) is 0 Å². The molecule has 1 atom stereocenters. The Balaban J connectivity index is 2.16. The van der Waals surface area contributed by atoms with Crippen LogP contribution in [-0.2, 0) is 9.59 Å². The lowest BCUT2D eigenvalue weighted by molar-refractivity contribution is -0.130. The Bertz CT molecular complexity index is 275. The summed E-state index contributed by atoms with van der Waals surface area (Å²) < 4.78 is 0. The third-order valence-electron chi connectivity index (χ3n) is 3.54. The maximum absolute atomic E-state index is 11.9. The average Bonchev–Trinajstić information content (AvgIpc) is 2.42. The lowest BCUT2D eigenvalue weighted by Crippen LogP contribution is -2.33. The van der Waals surface area contributed by atoms with Gasteiger partial charge >= 0.3 is 0 Å². The first-order valence-corrected chi connectivity index (χ1v) is 6.78. The zero-order valence-corrected chi connectivity index (χ0v) is 11.5. The molecule has 0 saturated carbocycles. The van der Waals surface area contributed by atoms with Crippen molar-refractivity contribution in [1.82, 2.24) is 15.5 Å². The van der Waals surface area contributed by atoms with E-state index in [9.17, 15) is 9.59 Å². The lowest BCUT2D eigenvalue weighted by atomic mass is 9.94. The first-order chi connectivity index (χ1) is 8.63. The van der Waals surface area contributed by atoms with Gasteiger partial charge in [-0.3, -0.25) is 9.59 Å². The van der Waals surface area contributed by atoms with Crippen molar-refractivity contribution < 1.29 is 9.59 Å². The van der Waals surface area contributed by atoms with Crippen LogP contribution in [-0.4, -0.2) is 50.4 Å². The van der Waals surface area contributed by atoms with Gasteiger partial charge in [-0.2, -0.15) is 0 Å². The Hall–Kier alpha value is -1.10. The van der Waals surface area contributed by atoms with E-state index in [1.54, 1.807) is 19.0 Å². The molecular formula is C13H25N3O2. The zero-order valence-electron chi connectivity index (χ0n) is 11.5. The fourth-order valence-electron chi connectivity index (χ4n) is 2.21. The number of hydrogen-bond acceptors (Lipinski definition) is 3. The van der Waals surface area contributed by atoms with Crippen LogP contribution >= 0.6 is 0 Å². The summed E-state index contributed by atoms with van der Waals surface area (Å²) in [6.07, 6.45) is 4.37. The highest BCUT2D eigenvalue weighted by Crippen LogP contribution is 2.16. The summed E-state index contributed by atoms with van der Waals surface area (Å²) in [6.45, 7) is 2.65. The Morgan fingerprint density at radius 1 is 1.39 bits per heavy atom. The molecular weight excluding hydrogens is 230 g/mol. The zero-order chi connectivity index (χ0) is 13.4. The second-order valence-corrected chi connectivity index (χ2v) is 4.99. The molecule has 1 heterocycles.